The van der Waals surface area contributed by atoms with Gasteiger partial charge in [-0.3, -0.25) is 24.6 Å². The number of aryl methyl sites for hydroxylation is 1. The molecule has 0 radical (unpaired) electrons. The zero-order valence-corrected chi connectivity index (χ0v) is 29.5. The normalized spacial score (nSPS) is 10.6. The highest BCUT2D eigenvalue weighted by Crippen LogP contribution is 2.24. The molecule has 49 heavy (non-hydrogen) atoms. The molecule has 14 nitrogen and oxygen atoms in total. The molecule has 4 aromatic rings. The van der Waals surface area contributed by atoms with E-state index in [4.69, 9.17) is 34.3 Å². The molecule has 1 aromatic carbocycles. The van der Waals surface area contributed by atoms with Crippen molar-refractivity contribution in [3.05, 3.63) is 82.7 Å². The second kappa shape index (κ2) is 17.5. The first-order valence-electron chi connectivity index (χ1n) is 15.0. The number of amidine groups is 1. The summed E-state index contributed by atoms with van der Waals surface area (Å²) < 4.78 is 1.59. The maximum Gasteiger partial charge on any atom is 0.272 e. The Morgan fingerprint density at radius 2 is 1.41 bits per heavy atom. The van der Waals surface area contributed by atoms with Gasteiger partial charge < -0.3 is 46.4 Å². The predicted molar refractivity (Wildman–Crippen MR) is 197 cm³/mol. The van der Waals surface area contributed by atoms with Crippen LogP contribution in [0.2, 0.25) is 0 Å². The molecule has 0 fully saturated rings. The van der Waals surface area contributed by atoms with E-state index in [-0.39, 0.29) is 60.1 Å². The summed E-state index contributed by atoms with van der Waals surface area (Å²) in [6.45, 7) is 4.85. The summed E-state index contributed by atoms with van der Waals surface area (Å²) >= 11 is 11.8. The van der Waals surface area contributed by atoms with Gasteiger partial charge in [0.05, 0.1) is 22.9 Å². The lowest BCUT2D eigenvalue weighted by molar-refractivity contribution is 0.0947. The van der Waals surface area contributed by atoms with Gasteiger partial charge in [-0.05, 0) is 44.2 Å². The number of halogens is 3. The summed E-state index contributed by atoms with van der Waals surface area (Å²) in [5, 5.41) is 18.3. The van der Waals surface area contributed by atoms with E-state index >= 15 is 0 Å². The quantitative estimate of drug-likeness (QED) is 0.0488. The van der Waals surface area contributed by atoms with Gasteiger partial charge in [-0.15, -0.1) is 35.6 Å². The first-order valence-corrected chi connectivity index (χ1v) is 16.0. The minimum Gasteiger partial charge on any atom is -0.388 e. The molecular formula is C32H39Cl3N10O4. The molecule has 0 bridgehead atoms. The van der Waals surface area contributed by atoms with Crippen LogP contribution in [0.4, 0.5) is 22.7 Å². The van der Waals surface area contributed by atoms with Crippen LogP contribution in [0.25, 0.3) is 0 Å². The molecule has 0 atom stereocenters. The highest BCUT2D eigenvalue weighted by molar-refractivity contribution is 6.18. The first-order chi connectivity index (χ1) is 22.9. The third-order valence-corrected chi connectivity index (χ3v) is 7.95. The van der Waals surface area contributed by atoms with E-state index in [0.717, 1.165) is 5.69 Å². The summed E-state index contributed by atoms with van der Waals surface area (Å²) in [6.07, 6.45) is 4.87. The highest BCUT2D eigenvalue weighted by atomic mass is 35.5. The van der Waals surface area contributed by atoms with Gasteiger partial charge in [0.1, 0.15) is 17.1 Å². The third-order valence-electron chi connectivity index (χ3n) is 7.61. The fourth-order valence-electron chi connectivity index (χ4n) is 4.95. The van der Waals surface area contributed by atoms with E-state index in [9.17, 15) is 19.2 Å². The van der Waals surface area contributed by atoms with E-state index in [0.29, 0.717) is 58.6 Å². The van der Waals surface area contributed by atoms with E-state index in [1.54, 1.807) is 49.9 Å². The molecule has 17 heteroatoms. The number of aromatic nitrogens is 3. The van der Waals surface area contributed by atoms with Gasteiger partial charge >= 0.3 is 0 Å². The zero-order valence-electron chi connectivity index (χ0n) is 27.1. The molecule has 0 saturated carbocycles. The van der Waals surface area contributed by atoms with Crippen LogP contribution in [0.1, 0.15) is 59.4 Å². The SMILES string of the molecule is Cc1c(NC(=O)c2[nH]cc(NC(=O)c3cc(NC(=O)c4ccc(N(CCCl)CCCl)cc4)cn3C)c2C)c[nH]c1C(=O)NCCC(=N)N.Cl. The van der Waals surface area contributed by atoms with Gasteiger partial charge in [-0.25, -0.2) is 0 Å². The lowest BCUT2D eigenvalue weighted by Crippen LogP contribution is -2.28. The Bertz CT molecular complexity index is 1810. The number of carbonyl (C=O) groups is 4. The monoisotopic (exact) mass is 732 g/mol. The van der Waals surface area contributed by atoms with Crippen LogP contribution in [0.3, 0.4) is 0 Å². The number of rotatable bonds is 15. The van der Waals surface area contributed by atoms with E-state index in [1.165, 1.54) is 12.4 Å². The number of hydrogen-bond donors (Lipinski definition) is 8. The summed E-state index contributed by atoms with van der Waals surface area (Å²) in [4.78, 5) is 59.5. The molecule has 0 aliphatic carbocycles. The summed E-state index contributed by atoms with van der Waals surface area (Å²) in [5.74, 6) is -0.776. The molecule has 0 aliphatic rings. The maximum atomic E-state index is 13.2. The van der Waals surface area contributed by atoms with Crippen LogP contribution in [0.15, 0.2) is 48.9 Å². The number of nitrogens with zero attached hydrogens (tertiary/aromatic N) is 2. The lowest BCUT2D eigenvalue weighted by atomic mass is 10.1. The molecule has 0 spiro atoms. The zero-order chi connectivity index (χ0) is 35.0. The standard InChI is InChI=1S/C32H38Cl2N10O4.ClH/c1-18-24(16-38-27(18)31(47)37-11-8-26(35)36)42-32(48)28-19(2)23(15-39-28)41-30(46)25-14-21(17-43(25)3)40-29(45)20-4-6-22(7-5-20)44(12-9-33)13-10-34;/h4-7,14-17,38-39H,8-13H2,1-3H3,(H3,35,36)(H,37,47)(H,40,45)(H,41,46)(H,42,48);1H. The lowest BCUT2D eigenvalue weighted by Gasteiger charge is -2.22. The number of nitrogens with two attached hydrogens (primary N) is 1. The molecule has 4 amide bonds. The van der Waals surface area contributed by atoms with Crippen molar-refractivity contribution in [2.24, 2.45) is 12.8 Å². The van der Waals surface area contributed by atoms with Crippen molar-refractivity contribution in [1.29, 1.82) is 5.41 Å². The van der Waals surface area contributed by atoms with Crippen LogP contribution >= 0.6 is 35.6 Å². The number of nitrogens with one attached hydrogen (secondary N) is 7. The van der Waals surface area contributed by atoms with Gasteiger partial charge in [0, 0.05) is 85.8 Å². The Hall–Kier alpha value is -4.92. The maximum absolute atomic E-state index is 13.2. The second-order valence-corrected chi connectivity index (χ2v) is 11.7. The molecule has 262 valence electrons. The average Bonchev–Trinajstić information content (AvgIpc) is 3.72. The summed E-state index contributed by atoms with van der Waals surface area (Å²) in [6, 6.07) is 8.65. The van der Waals surface area contributed by atoms with Crippen LogP contribution in [0, 0.1) is 19.3 Å². The molecule has 0 saturated heterocycles. The average molecular weight is 734 g/mol. The van der Waals surface area contributed by atoms with E-state index in [1.807, 2.05) is 17.0 Å². The third kappa shape index (κ3) is 9.59. The summed E-state index contributed by atoms with van der Waals surface area (Å²) in [7, 11) is 1.68. The minimum absolute atomic E-state index is 0. The van der Waals surface area contributed by atoms with Gasteiger partial charge in [0.25, 0.3) is 23.6 Å². The fraction of sp³-hybridized carbons (Fsp3) is 0.281. The number of hydrogen-bond acceptors (Lipinski definition) is 6. The molecule has 0 aliphatic heterocycles. The number of amides is 4. The largest absolute Gasteiger partial charge is 0.388 e. The highest BCUT2D eigenvalue weighted by Gasteiger charge is 2.21. The van der Waals surface area contributed by atoms with E-state index in [2.05, 4.69) is 31.2 Å². The molecule has 3 aromatic heterocycles. The first kappa shape index (κ1) is 38.5. The Morgan fingerprint density at radius 3 is 1.96 bits per heavy atom. The van der Waals surface area contributed by atoms with Gasteiger partial charge in [0.2, 0.25) is 0 Å². The number of benzene rings is 1. The molecular weight excluding hydrogens is 695 g/mol. The van der Waals surface area contributed by atoms with Crippen molar-refractivity contribution < 1.29 is 19.2 Å². The van der Waals surface area contributed by atoms with Gasteiger partial charge in [-0.2, -0.15) is 0 Å². The Labute approximate surface area is 299 Å². The van der Waals surface area contributed by atoms with Crippen molar-refractivity contribution in [2.75, 3.05) is 52.2 Å². The van der Waals surface area contributed by atoms with Crippen LogP contribution in [0.5, 0.6) is 0 Å². The van der Waals surface area contributed by atoms with Crippen molar-refractivity contribution in [3.8, 4) is 0 Å². The van der Waals surface area contributed by atoms with Gasteiger partial charge in [-0.1, -0.05) is 0 Å². The predicted octanol–water partition coefficient (Wildman–Crippen LogP) is 4.82. The van der Waals surface area contributed by atoms with Crippen molar-refractivity contribution in [2.45, 2.75) is 20.3 Å². The molecule has 4 rings (SSSR count). The van der Waals surface area contributed by atoms with E-state index < -0.39 is 11.8 Å². The minimum atomic E-state index is -0.471. The second-order valence-electron chi connectivity index (χ2n) is 10.9. The number of alkyl halides is 2. The smallest absolute Gasteiger partial charge is 0.272 e. The molecule has 0 unspecified atom stereocenters. The Kier molecular flexibility index (Phi) is 13.7. The van der Waals surface area contributed by atoms with Crippen molar-refractivity contribution in [3.63, 3.8) is 0 Å². The summed E-state index contributed by atoms with van der Waals surface area (Å²) in [5.41, 5.74) is 9.71. The number of anilines is 4. The Morgan fingerprint density at radius 1 is 0.857 bits per heavy atom. The molecule has 9 N–H and O–H groups in total. The van der Waals surface area contributed by atoms with Crippen LogP contribution in [-0.2, 0) is 7.05 Å². The topological polar surface area (TPSA) is 206 Å². The number of H-pyrrole nitrogens is 2. The fourth-order valence-corrected chi connectivity index (χ4v) is 5.36. The van der Waals surface area contributed by atoms with Crippen LogP contribution < -0.4 is 31.9 Å². The number of carbonyl (C=O) groups excluding carboxylic acids is 4. The van der Waals surface area contributed by atoms with Crippen molar-refractivity contribution >= 4 is 87.8 Å². The van der Waals surface area contributed by atoms with Gasteiger partial charge in [0.15, 0.2) is 0 Å². The number of aromatic amines is 2. The van der Waals surface area contributed by atoms with Crippen LogP contribution in [-0.4, -0.2) is 75.4 Å². The van der Waals surface area contributed by atoms with Crippen molar-refractivity contribution in [1.82, 2.24) is 19.9 Å². The Balaban J connectivity index is 0.00000650. The molecule has 3 heterocycles.